The Hall–Kier alpha value is -1.39. The summed E-state index contributed by atoms with van der Waals surface area (Å²) in [6.45, 7) is 1.11. The Balaban J connectivity index is 1.55. The Kier molecular flexibility index (Phi) is 2.95. The molecule has 4 nitrogen and oxygen atoms in total. The predicted molar refractivity (Wildman–Crippen MR) is 97.3 cm³/mol. The van der Waals surface area contributed by atoms with Crippen molar-refractivity contribution in [2.24, 2.45) is 11.8 Å². The van der Waals surface area contributed by atoms with Crippen LogP contribution in [0.3, 0.4) is 0 Å². The second-order valence-corrected chi connectivity index (χ2v) is 9.40. The number of methoxy groups -OCH3 is 1. The average Bonchev–Trinajstić information content (AvgIpc) is 3.51. The molecule has 2 bridgehead atoms. The number of likely N-dealkylation sites (tertiary alicyclic amines) is 1. The maximum absolute atomic E-state index is 12.4. The van der Waals surface area contributed by atoms with Crippen LogP contribution in [0.15, 0.2) is 18.2 Å². The normalized spacial score (nSPS) is 43.3. The van der Waals surface area contributed by atoms with Gasteiger partial charge in [-0.15, -0.1) is 0 Å². The molecule has 0 aromatic heterocycles. The van der Waals surface area contributed by atoms with Crippen LogP contribution in [0.4, 0.5) is 0 Å². The van der Waals surface area contributed by atoms with Gasteiger partial charge >= 0.3 is 0 Å². The summed E-state index contributed by atoms with van der Waals surface area (Å²) < 4.78 is 5.52. The van der Waals surface area contributed by atoms with Crippen LogP contribution in [-0.4, -0.2) is 47.1 Å². The fraction of sp³-hybridized carbons (Fsp3) is 0.682. The molecule has 0 amide bonds. The molecule has 4 heteroatoms. The van der Waals surface area contributed by atoms with Crippen LogP contribution in [0, 0.1) is 11.8 Å². The lowest BCUT2D eigenvalue weighted by Crippen LogP contribution is -2.74. The van der Waals surface area contributed by atoms with Gasteiger partial charge in [-0.3, -0.25) is 9.69 Å². The molecule has 1 N–H and O–H groups in total. The maximum atomic E-state index is 12.4. The fourth-order valence-electron chi connectivity index (χ4n) is 6.80. The van der Waals surface area contributed by atoms with Crippen LogP contribution in [0.1, 0.15) is 49.7 Å². The third-order valence-corrected chi connectivity index (χ3v) is 8.18. The number of hydrogen-bond donors (Lipinski definition) is 1. The highest BCUT2D eigenvalue weighted by Crippen LogP contribution is 2.68. The van der Waals surface area contributed by atoms with Gasteiger partial charge in [0.1, 0.15) is 11.5 Å². The highest BCUT2D eigenvalue weighted by atomic mass is 16.5. The van der Waals surface area contributed by atoms with Crippen LogP contribution < -0.4 is 4.74 Å². The number of piperidine rings is 1. The van der Waals surface area contributed by atoms with Crippen molar-refractivity contribution < 1.29 is 14.6 Å². The number of carbonyl (C=O) groups is 1. The van der Waals surface area contributed by atoms with Crippen LogP contribution in [-0.2, 0) is 16.6 Å². The molecule has 6 rings (SSSR count). The van der Waals surface area contributed by atoms with Crippen molar-refractivity contribution in [2.45, 2.75) is 68.0 Å². The van der Waals surface area contributed by atoms with Crippen LogP contribution in [0.5, 0.6) is 5.75 Å². The van der Waals surface area contributed by atoms with E-state index in [4.69, 9.17) is 4.74 Å². The zero-order valence-electron chi connectivity index (χ0n) is 15.4. The maximum Gasteiger partial charge on any atom is 0.135 e. The number of fused-ring (bicyclic) bond motifs is 2. The molecule has 5 atom stereocenters. The summed E-state index contributed by atoms with van der Waals surface area (Å²) in [7, 11) is 1.71. The van der Waals surface area contributed by atoms with Crippen LogP contribution in [0.25, 0.3) is 0 Å². The van der Waals surface area contributed by atoms with Crippen molar-refractivity contribution in [3.05, 3.63) is 29.3 Å². The molecule has 4 fully saturated rings. The van der Waals surface area contributed by atoms with Gasteiger partial charge in [0, 0.05) is 36.9 Å². The summed E-state index contributed by atoms with van der Waals surface area (Å²) in [6.07, 6.45) is 6.44. The number of rotatable bonds is 3. The highest BCUT2D eigenvalue weighted by Gasteiger charge is 2.75. The molecule has 1 saturated heterocycles. The molecular weight excluding hydrogens is 326 g/mol. The zero-order valence-corrected chi connectivity index (χ0v) is 15.4. The third-order valence-electron chi connectivity index (χ3n) is 8.18. The first kappa shape index (κ1) is 15.6. The second kappa shape index (κ2) is 4.90. The smallest absolute Gasteiger partial charge is 0.135 e. The Morgan fingerprint density at radius 3 is 2.96 bits per heavy atom. The zero-order chi connectivity index (χ0) is 17.7. The molecule has 1 heterocycles. The van der Waals surface area contributed by atoms with Gasteiger partial charge in [0.25, 0.3) is 0 Å². The summed E-state index contributed by atoms with van der Waals surface area (Å²) in [6, 6.07) is 7.12. The topological polar surface area (TPSA) is 49.8 Å². The molecule has 1 aromatic rings. The first-order valence-corrected chi connectivity index (χ1v) is 10.2. The summed E-state index contributed by atoms with van der Waals surface area (Å²) in [5.41, 5.74) is 1.48. The molecule has 1 aliphatic heterocycles. The number of benzene rings is 1. The van der Waals surface area contributed by atoms with Crippen molar-refractivity contribution in [2.75, 3.05) is 13.7 Å². The van der Waals surface area contributed by atoms with E-state index in [1.165, 1.54) is 30.4 Å². The number of aliphatic hydroxyl groups is 1. The fourth-order valence-corrected chi connectivity index (χ4v) is 6.80. The molecule has 26 heavy (non-hydrogen) atoms. The number of carbonyl (C=O) groups excluding carboxylic acids is 1. The van der Waals surface area contributed by atoms with E-state index in [1.54, 1.807) is 7.11 Å². The predicted octanol–water partition coefficient (Wildman–Crippen LogP) is 2.46. The van der Waals surface area contributed by atoms with Crippen molar-refractivity contribution in [1.82, 2.24) is 4.90 Å². The largest absolute Gasteiger partial charge is 0.497 e. The van der Waals surface area contributed by atoms with E-state index in [1.807, 2.05) is 0 Å². The van der Waals surface area contributed by atoms with Gasteiger partial charge < -0.3 is 9.84 Å². The molecule has 138 valence electrons. The number of ether oxygens (including phenoxy) is 1. The monoisotopic (exact) mass is 353 g/mol. The molecule has 4 aliphatic carbocycles. The second-order valence-electron chi connectivity index (χ2n) is 9.40. The Morgan fingerprint density at radius 1 is 1.35 bits per heavy atom. The van der Waals surface area contributed by atoms with Gasteiger partial charge in [-0.05, 0) is 67.2 Å². The van der Waals surface area contributed by atoms with Crippen LogP contribution >= 0.6 is 0 Å². The van der Waals surface area contributed by atoms with Gasteiger partial charge in [0.15, 0.2) is 0 Å². The molecular formula is C22H27NO3. The van der Waals surface area contributed by atoms with E-state index in [0.717, 1.165) is 31.1 Å². The Labute approximate surface area is 154 Å². The minimum absolute atomic E-state index is 0.0944. The molecule has 0 spiro atoms. The number of Topliss-reactive ketones (excluding diaryl/α,β-unsaturated/α-hetero) is 1. The molecule has 2 unspecified atom stereocenters. The van der Waals surface area contributed by atoms with Crippen molar-refractivity contribution in [1.29, 1.82) is 0 Å². The Morgan fingerprint density at radius 2 is 2.19 bits per heavy atom. The van der Waals surface area contributed by atoms with E-state index >= 15 is 0 Å². The summed E-state index contributed by atoms with van der Waals surface area (Å²) in [5, 5.41) is 12.1. The third kappa shape index (κ3) is 1.80. The number of nitrogens with zero attached hydrogens (tertiary/aromatic N) is 1. The summed E-state index contributed by atoms with van der Waals surface area (Å²) in [5.74, 6) is 2.41. The summed E-state index contributed by atoms with van der Waals surface area (Å²) in [4.78, 5) is 15.1. The van der Waals surface area contributed by atoms with Gasteiger partial charge in [-0.1, -0.05) is 6.07 Å². The molecule has 3 saturated carbocycles. The van der Waals surface area contributed by atoms with E-state index < -0.39 is 5.60 Å². The molecule has 0 radical (unpaired) electrons. The average molecular weight is 353 g/mol. The number of ketones is 1. The van der Waals surface area contributed by atoms with E-state index in [2.05, 4.69) is 23.1 Å². The highest BCUT2D eigenvalue weighted by molar-refractivity contribution is 5.82. The van der Waals surface area contributed by atoms with Crippen molar-refractivity contribution >= 4 is 5.78 Å². The van der Waals surface area contributed by atoms with E-state index in [0.29, 0.717) is 24.8 Å². The van der Waals surface area contributed by atoms with Crippen LogP contribution in [0.2, 0.25) is 0 Å². The first-order valence-electron chi connectivity index (χ1n) is 10.2. The van der Waals surface area contributed by atoms with Gasteiger partial charge in [0.05, 0.1) is 12.7 Å². The van der Waals surface area contributed by atoms with E-state index in [9.17, 15) is 9.90 Å². The quantitative estimate of drug-likeness (QED) is 0.907. The lowest BCUT2D eigenvalue weighted by molar-refractivity contribution is -0.176. The van der Waals surface area contributed by atoms with E-state index in [-0.39, 0.29) is 17.2 Å². The van der Waals surface area contributed by atoms with Gasteiger partial charge in [-0.25, -0.2) is 0 Å². The Bertz CT molecular complexity index is 803. The van der Waals surface area contributed by atoms with Crippen molar-refractivity contribution in [3.63, 3.8) is 0 Å². The standard InChI is InChI=1S/C22H27NO3/c1-26-16-5-4-14-8-20-22(25)11-15(24)6-7-21(22,17(14)9-16)18-10-19(18)23(20)12-13-2-3-13/h4-5,9,13,18-20,25H,2-3,6-8,10-12H2,1H3/t18?,19?,20-,21-,22-/m1/s1. The molecule has 1 aromatic carbocycles. The van der Waals surface area contributed by atoms with Gasteiger partial charge in [-0.2, -0.15) is 0 Å². The summed E-state index contributed by atoms with van der Waals surface area (Å²) >= 11 is 0. The lowest BCUT2D eigenvalue weighted by atomic mass is 9.48. The number of hydrogen-bond acceptors (Lipinski definition) is 4. The minimum atomic E-state index is -0.908. The lowest BCUT2D eigenvalue weighted by Gasteiger charge is -2.63. The SMILES string of the molecule is COc1ccc2c(c1)[C@@]13CCC(=O)C[C@@]1(O)[C@@H](C2)N(CC1CC1)C1CC13. The van der Waals surface area contributed by atoms with Crippen molar-refractivity contribution in [3.8, 4) is 5.75 Å². The van der Waals surface area contributed by atoms with Gasteiger partial charge in [0.2, 0.25) is 0 Å². The molecule has 5 aliphatic rings. The first-order chi connectivity index (χ1) is 12.6. The minimum Gasteiger partial charge on any atom is -0.497 e.